The molecule has 0 aliphatic carbocycles. The zero-order valence-electron chi connectivity index (χ0n) is 8.92. The lowest BCUT2D eigenvalue weighted by Gasteiger charge is -2.26. The molecule has 1 aliphatic heterocycles. The second-order valence-corrected chi connectivity index (χ2v) is 3.84. The highest BCUT2D eigenvalue weighted by Crippen LogP contribution is 2.10. The van der Waals surface area contributed by atoms with Gasteiger partial charge in [0.15, 0.2) is 5.69 Å². The minimum Gasteiger partial charge on any atom is -0.318 e. The van der Waals surface area contributed by atoms with E-state index in [1.165, 1.54) is 6.20 Å². The van der Waals surface area contributed by atoms with E-state index < -0.39 is 0 Å². The van der Waals surface area contributed by atoms with Crippen LogP contribution in [0.3, 0.4) is 0 Å². The molecule has 3 heterocycles. The number of aromatic nitrogens is 5. The Hall–Kier alpha value is -2.22. The molecule has 1 fully saturated rings. The van der Waals surface area contributed by atoms with E-state index in [0.717, 1.165) is 13.1 Å². The molecule has 0 saturated carbocycles. The minimum atomic E-state index is -0.287. The van der Waals surface area contributed by atoms with Crippen LogP contribution in [0.15, 0.2) is 18.6 Å². The number of nitrogens with zero attached hydrogens (tertiary/aromatic N) is 4. The molecule has 2 aromatic rings. The van der Waals surface area contributed by atoms with Crippen LogP contribution in [0.25, 0.3) is 0 Å². The van der Waals surface area contributed by atoms with Crippen LogP contribution in [0.5, 0.6) is 0 Å². The zero-order chi connectivity index (χ0) is 11.7. The Morgan fingerprint density at radius 1 is 1.53 bits per heavy atom. The highest BCUT2D eigenvalue weighted by molar-refractivity contribution is 6.02. The van der Waals surface area contributed by atoms with Crippen molar-refractivity contribution in [3.05, 3.63) is 24.3 Å². The summed E-state index contributed by atoms with van der Waals surface area (Å²) in [4.78, 5) is 11.8. The first-order valence-electron chi connectivity index (χ1n) is 5.25. The van der Waals surface area contributed by atoms with Crippen LogP contribution in [-0.2, 0) is 0 Å². The number of rotatable bonds is 3. The molecule has 88 valence electrons. The third kappa shape index (κ3) is 1.89. The Labute approximate surface area is 96.4 Å². The molecule has 0 atom stereocenters. The van der Waals surface area contributed by atoms with Crippen LogP contribution >= 0.6 is 0 Å². The van der Waals surface area contributed by atoms with Crippen molar-refractivity contribution >= 4 is 11.6 Å². The monoisotopic (exact) mass is 233 g/mol. The van der Waals surface area contributed by atoms with Gasteiger partial charge in [-0.1, -0.05) is 5.21 Å². The van der Waals surface area contributed by atoms with Gasteiger partial charge in [0, 0.05) is 19.3 Å². The highest BCUT2D eigenvalue weighted by Gasteiger charge is 2.21. The van der Waals surface area contributed by atoms with Gasteiger partial charge in [0.2, 0.25) is 0 Å². The zero-order valence-corrected chi connectivity index (χ0v) is 8.92. The third-order valence-electron chi connectivity index (χ3n) is 2.63. The first-order valence-corrected chi connectivity index (χ1v) is 5.25. The summed E-state index contributed by atoms with van der Waals surface area (Å²) in [6, 6.07) is 0.304. The number of hydrogen-bond acceptors (Lipinski definition) is 5. The van der Waals surface area contributed by atoms with Crippen molar-refractivity contribution in [3.63, 3.8) is 0 Å². The van der Waals surface area contributed by atoms with E-state index in [-0.39, 0.29) is 5.91 Å². The number of nitrogens with one attached hydrogen (secondary N) is 3. The third-order valence-corrected chi connectivity index (χ3v) is 2.63. The molecule has 17 heavy (non-hydrogen) atoms. The summed E-state index contributed by atoms with van der Waals surface area (Å²) < 4.78 is 1.71. The molecule has 0 radical (unpaired) electrons. The Morgan fingerprint density at radius 3 is 3.06 bits per heavy atom. The molecule has 0 bridgehead atoms. The molecule has 1 aliphatic rings. The molecular weight excluding hydrogens is 222 g/mol. The lowest BCUT2D eigenvalue weighted by Crippen LogP contribution is -2.43. The van der Waals surface area contributed by atoms with Gasteiger partial charge in [-0.3, -0.25) is 9.89 Å². The van der Waals surface area contributed by atoms with Crippen LogP contribution in [0.4, 0.5) is 5.69 Å². The molecule has 8 heteroatoms. The Bertz CT molecular complexity index is 513. The van der Waals surface area contributed by atoms with Gasteiger partial charge in [-0.05, 0) is 0 Å². The lowest BCUT2D eigenvalue weighted by molar-refractivity contribution is 0.102. The summed E-state index contributed by atoms with van der Waals surface area (Å²) in [6.45, 7) is 1.73. The topological polar surface area (TPSA) is 101 Å². The Morgan fingerprint density at radius 2 is 2.41 bits per heavy atom. The summed E-state index contributed by atoms with van der Waals surface area (Å²) in [5.74, 6) is -0.287. The standard InChI is InChI=1S/C9H11N7O/c17-9(13-6-1-11-12-2-6)8-5-16(15-14-8)7-3-10-4-7/h1-2,5,7,10H,3-4H2,(H,11,12)(H,13,17). The maximum Gasteiger partial charge on any atom is 0.277 e. The number of carbonyl (C=O) groups excluding carboxylic acids is 1. The van der Waals surface area contributed by atoms with Gasteiger partial charge in [0.25, 0.3) is 5.91 Å². The molecule has 3 N–H and O–H groups in total. The number of H-pyrrole nitrogens is 1. The second-order valence-electron chi connectivity index (χ2n) is 3.84. The Balaban J connectivity index is 1.70. The Kier molecular flexibility index (Phi) is 2.33. The summed E-state index contributed by atoms with van der Waals surface area (Å²) >= 11 is 0. The van der Waals surface area contributed by atoms with Gasteiger partial charge < -0.3 is 10.6 Å². The molecule has 1 amide bonds. The molecule has 0 aromatic carbocycles. The average molecular weight is 233 g/mol. The SMILES string of the molecule is O=C(Nc1cn[nH]c1)c1cn(C2CNC2)nn1. The fourth-order valence-electron chi connectivity index (χ4n) is 1.53. The van der Waals surface area contributed by atoms with Crippen LogP contribution in [-0.4, -0.2) is 44.2 Å². The second kappa shape index (κ2) is 3.98. The molecule has 3 rings (SSSR count). The number of hydrogen-bond donors (Lipinski definition) is 3. The predicted molar refractivity (Wildman–Crippen MR) is 58.5 cm³/mol. The maximum absolute atomic E-state index is 11.8. The summed E-state index contributed by atoms with van der Waals surface area (Å²) in [5, 5.41) is 19.9. The van der Waals surface area contributed by atoms with Crippen molar-refractivity contribution in [2.45, 2.75) is 6.04 Å². The summed E-state index contributed by atoms with van der Waals surface area (Å²) in [7, 11) is 0. The van der Waals surface area contributed by atoms with Crippen molar-refractivity contribution in [2.75, 3.05) is 18.4 Å². The van der Waals surface area contributed by atoms with E-state index in [9.17, 15) is 4.79 Å². The van der Waals surface area contributed by atoms with E-state index in [2.05, 4.69) is 31.1 Å². The fraction of sp³-hybridized carbons (Fsp3) is 0.333. The van der Waals surface area contributed by atoms with Crippen molar-refractivity contribution < 1.29 is 4.79 Å². The minimum absolute atomic E-state index is 0.287. The highest BCUT2D eigenvalue weighted by atomic mass is 16.2. The molecule has 0 spiro atoms. The molecule has 8 nitrogen and oxygen atoms in total. The van der Waals surface area contributed by atoms with E-state index in [1.54, 1.807) is 17.1 Å². The molecule has 1 saturated heterocycles. The van der Waals surface area contributed by atoms with E-state index in [4.69, 9.17) is 0 Å². The van der Waals surface area contributed by atoms with Crippen LogP contribution in [0, 0.1) is 0 Å². The van der Waals surface area contributed by atoms with Gasteiger partial charge >= 0.3 is 0 Å². The maximum atomic E-state index is 11.8. The van der Waals surface area contributed by atoms with Crippen LogP contribution in [0.1, 0.15) is 16.5 Å². The van der Waals surface area contributed by atoms with Gasteiger partial charge in [-0.25, -0.2) is 4.68 Å². The van der Waals surface area contributed by atoms with Crippen molar-refractivity contribution in [1.82, 2.24) is 30.5 Å². The summed E-state index contributed by atoms with van der Waals surface area (Å²) in [5.41, 5.74) is 0.910. The van der Waals surface area contributed by atoms with Crippen molar-refractivity contribution in [1.29, 1.82) is 0 Å². The van der Waals surface area contributed by atoms with E-state index >= 15 is 0 Å². The first-order chi connectivity index (χ1) is 8.33. The first kappa shape index (κ1) is 9.97. The van der Waals surface area contributed by atoms with Crippen LogP contribution in [0.2, 0.25) is 0 Å². The van der Waals surface area contributed by atoms with Gasteiger partial charge in [0.05, 0.1) is 24.1 Å². The number of anilines is 1. The number of carbonyl (C=O) groups is 1. The van der Waals surface area contributed by atoms with Crippen molar-refractivity contribution in [3.8, 4) is 0 Å². The van der Waals surface area contributed by atoms with Crippen LogP contribution < -0.4 is 10.6 Å². The average Bonchev–Trinajstić information content (AvgIpc) is 2.85. The van der Waals surface area contributed by atoms with Gasteiger partial charge in [-0.15, -0.1) is 5.10 Å². The quantitative estimate of drug-likeness (QED) is 0.657. The number of amides is 1. The summed E-state index contributed by atoms with van der Waals surface area (Å²) in [6.07, 6.45) is 4.78. The largest absolute Gasteiger partial charge is 0.318 e. The van der Waals surface area contributed by atoms with Gasteiger partial charge in [0.1, 0.15) is 0 Å². The van der Waals surface area contributed by atoms with E-state index in [1.807, 2.05) is 0 Å². The van der Waals surface area contributed by atoms with Gasteiger partial charge in [-0.2, -0.15) is 5.10 Å². The molecule has 0 unspecified atom stereocenters. The fourth-order valence-corrected chi connectivity index (χ4v) is 1.53. The number of aromatic amines is 1. The van der Waals surface area contributed by atoms with Crippen molar-refractivity contribution in [2.24, 2.45) is 0 Å². The predicted octanol–water partition coefficient (Wildman–Crippen LogP) is -0.602. The normalized spacial score (nSPS) is 15.5. The van der Waals surface area contributed by atoms with E-state index in [0.29, 0.717) is 17.4 Å². The smallest absolute Gasteiger partial charge is 0.277 e. The molecular formula is C9H11N7O. The molecule has 2 aromatic heterocycles. The lowest BCUT2D eigenvalue weighted by atomic mass is 10.2.